The molecule has 21 heavy (non-hydrogen) atoms. The van der Waals surface area contributed by atoms with Crippen LogP contribution in [-0.4, -0.2) is 17.6 Å². The molecule has 0 bridgehead atoms. The minimum atomic E-state index is -0.377. The third-order valence-electron chi connectivity index (χ3n) is 3.02. The van der Waals surface area contributed by atoms with E-state index in [9.17, 15) is 4.79 Å². The molecule has 0 saturated carbocycles. The minimum Gasteiger partial charge on any atom is -0.462 e. The first-order valence-electron chi connectivity index (χ1n) is 7.01. The fourth-order valence-electron chi connectivity index (χ4n) is 1.82. The van der Waals surface area contributed by atoms with E-state index in [1.807, 2.05) is 24.3 Å². The second kappa shape index (κ2) is 6.88. The smallest absolute Gasteiger partial charge is 0.339 e. The van der Waals surface area contributed by atoms with Crippen LogP contribution in [0.5, 0.6) is 11.6 Å². The highest BCUT2D eigenvalue weighted by atomic mass is 16.5. The zero-order chi connectivity index (χ0) is 15.2. The van der Waals surface area contributed by atoms with Crippen molar-refractivity contribution in [3.8, 4) is 11.6 Å². The number of hydrogen-bond donors (Lipinski definition) is 0. The predicted octanol–water partition coefficient (Wildman–Crippen LogP) is 4.17. The maximum absolute atomic E-state index is 11.5. The van der Waals surface area contributed by atoms with Crippen LogP contribution in [0.15, 0.2) is 42.6 Å². The molecule has 0 atom stereocenters. The van der Waals surface area contributed by atoms with Gasteiger partial charge in [-0.15, -0.1) is 0 Å². The molecule has 1 aromatic carbocycles. The Morgan fingerprint density at radius 3 is 2.38 bits per heavy atom. The molecule has 0 N–H and O–H groups in total. The third-order valence-corrected chi connectivity index (χ3v) is 3.02. The molecule has 0 unspecified atom stereocenters. The summed E-state index contributed by atoms with van der Waals surface area (Å²) in [6.45, 7) is 6.40. The molecule has 1 aromatic heterocycles. The summed E-state index contributed by atoms with van der Waals surface area (Å²) in [5.41, 5.74) is 1.67. The number of ether oxygens (including phenoxy) is 2. The van der Waals surface area contributed by atoms with Gasteiger partial charge in [-0.2, -0.15) is 0 Å². The van der Waals surface area contributed by atoms with Crippen LogP contribution in [0.25, 0.3) is 0 Å². The average molecular weight is 285 g/mol. The lowest BCUT2D eigenvalue weighted by molar-refractivity contribution is 0.0526. The number of nitrogens with zero attached hydrogens (tertiary/aromatic N) is 1. The third kappa shape index (κ3) is 4.05. The molecule has 110 valence electrons. The van der Waals surface area contributed by atoms with Crippen molar-refractivity contribution in [2.45, 2.75) is 26.7 Å². The Kier molecular flexibility index (Phi) is 4.93. The van der Waals surface area contributed by atoms with Gasteiger partial charge in [0, 0.05) is 12.3 Å². The molecule has 4 nitrogen and oxygen atoms in total. The SMILES string of the molecule is CCOC(=O)c1ccc(Oc2ccc(C(C)C)cc2)nc1. The van der Waals surface area contributed by atoms with Crippen LogP contribution >= 0.6 is 0 Å². The molecular weight excluding hydrogens is 266 g/mol. The van der Waals surface area contributed by atoms with E-state index in [-0.39, 0.29) is 5.97 Å². The number of pyridine rings is 1. The highest BCUT2D eigenvalue weighted by Crippen LogP contribution is 2.22. The van der Waals surface area contributed by atoms with Gasteiger partial charge >= 0.3 is 5.97 Å². The number of hydrogen-bond acceptors (Lipinski definition) is 4. The van der Waals surface area contributed by atoms with Gasteiger partial charge in [0.1, 0.15) is 5.75 Å². The van der Waals surface area contributed by atoms with Crippen LogP contribution in [0.4, 0.5) is 0 Å². The Morgan fingerprint density at radius 2 is 1.86 bits per heavy atom. The average Bonchev–Trinajstić information content (AvgIpc) is 2.49. The van der Waals surface area contributed by atoms with Gasteiger partial charge in [-0.1, -0.05) is 26.0 Å². The van der Waals surface area contributed by atoms with Crippen molar-refractivity contribution in [2.24, 2.45) is 0 Å². The summed E-state index contributed by atoms with van der Waals surface area (Å²) >= 11 is 0. The quantitative estimate of drug-likeness (QED) is 0.773. The monoisotopic (exact) mass is 285 g/mol. The minimum absolute atomic E-state index is 0.347. The molecule has 2 aromatic rings. The maximum Gasteiger partial charge on any atom is 0.339 e. The van der Waals surface area contributed by atoms with Gasteiger partial charge in [-0.25, -0.2) is 9.78 Å². The number of carbonyl (C=O) groups is 1. The molecule has 2 rings (SSSR count). The summed E-state index contributed by atoms with van der Waals surface area (Å²) in [6.07, 6.45) is 1.45. The predicted molar refractivity (Wildman–Crippen MR) is 80.8 cm³/mol. The molecule has 1 heterocycles. The number of benzene rings is 1. The van der Waals surface area contributed by atoms with Gasteiger partial charge in [0.25, 0.3) is 0 Å². The molecule has 0 radical (unpaired) electrons. The van der Waals surface area contributed by atoms with Crippen molar-refractivity contribution in [1.82, 2.24) is 4.98 Å². The lowest BCUT2D eigenvalue weighted by atomic mass is 10.0. The first-order valence-corrected chi connectivity index (χ1v) is 7.01. The van der Waals surface area contributed by atoms with E-state index >= 15 is 0 Å². The normalized spacial score (nSPS) is 10.5. The van der Waals surface area contributed by atoms with Crippen LogP contribution in [0.1, 0.15) is 42.6 Å². The second-order valence-electron chi connectivity index (χ2n) is 4.93. The van der Waals surface area contributed by atoms with Crippen LogP contribution in [0.3, 0.4) is 0 Å². The highest BCUT2D eigenvalue weighted by molar-refractivity contribution is 5.89. The number of carbonyl (C=O) groups excluding carboxylic acids is 1. The van der Waals surface area contributed by atoms with E-state index in [1.54, 1.807) is 19.1 Å². The number of esters is 1. The van der Waals surface area contributed by atoms with Gasteiger partial charge in [0.2, 0.25) is 5.88 Å². The van der Waals surface area contributed by atoms with Crippen LogP contribution < -0.4 is 4.74 Å². The Balaban J connectivity index is 2.04. The van der Waals surface area contributed by atoms with Gasteiger partial charge in [-0.3, -0.25) is 0 Å². The van der Waals surface area contributed by atoms with Crippen molar-refractivity contribution in [1.29, 1.82) is 0 Å². The second-order valence-corrected chi connectivity index (χ2v) is 4.93. The van der Waals surface area contributed by atoms with Crippen molar-refractivity contribution >= 4 is 5.97 Å². The van der Waals surface area contributed by atoms with Gasteiger partial charge in [0.15, 0.2) is 0 Å². The van der Waals surface area contributed by atoms with E-state index in [1.165, 1.54) is 11.8 Å². The molecule has 0 amide bonds. The fourth-order valence-corrected chi connectivity index (χ4v) is 1.82. The zero-order valence-electron chi connectivity index (χ0n) is 12.5. The Labute approximate surface area is 124 Å². The standard InChI is InChI=1S/C17H19NO3/c1-4-20-17(19)14-7-10-16(18-11-14)21-15-8-5-13(6-9-15)12(2)3/h5-12H,4H2,1-3H3. The van der Waals surface area contributed by atoms with Crippen molar-refractivity contribution < 1.29 is 14.3 Å². The van der Waals surface area contributed by atoms with E-state index in [4.69, 9.17) is 9.47 Å². The fraction of sp³-hybridized carbons (Fsp3) is 0.294. The number of aromatic nitrogens is 1. The molecule has 0 fully saturated rings. The molecule has 0 aliphatic rings. The van der Waals surface area contributed by atoms with E-state index in [2.05, 4.69) is 18.8 Å². The van der Waals surface area contributed by atoms with Gasteiger partial charge in [0.05, 0.1) is 12.2 Å². The first kappa shape index (κ1) is 15.0. The van der Waals surface area contributed by atoms with Crippen LogP contribution in [0, 0.1) is 0 Å². The Hall–Kier alpha value is -2.36. The summed E-state index contributed by atoms with van der Waals surface area (Å²) in [6, 6.07) is 11.2. The van der Waals surface area contributed by atoms with E-state index in [0.717, 1.165) is 5.75 Å². The summed E-state index contributed by atoms with van der Waals surface area (Å²) in [7, 11) is 0. The summed E-state index contributed by atoms with van der Waals surface area (Å²) < 4.78 is 10.5. The molecule has 4 heteroatoms. The first-order chi connectivity index (χ1) is 10.1. The molecule has 0 aliphatic heterocycles. The van der Waals surface area contributed by atoms with Crippen LogP contribution in [-0.2, 0) is 4.74 Å². The van der Waals surface area contributed by atoms with E-state index < -0.39 is 0 Å². The van der Waals surface area contributed by atoms with E-state index in [0.29, 0.717) is 24.0 Å². The van der Waals surface area contributed by atoms with Crippen LogP contribution in [0.2, 0.25) is 0 Å². The zero-order valence-corrected chi connectivity index (χ0v) is 12.5. The molecular formula is C17H19NO3. The largest absolute Gasteiger partial charge is 0.462 e. The van der Waals surface area contributed by atoms with Gasteiger partial charge in [-0.05, 0) is 36.6 Å². The highest BCUT2D eigenvalue weighted by Gasteiger charge is 2.07. The summed E-state index contributed by atoms with van der Waals surface area (Å²) in [5.74, 6) is 1.27. The van der Waals surface area contributed by atoms with Crippen molar-refractivity contribution in [3.63, 3.8) is 0 Å². The van der Waals surface area contributed by atoms with Gasteiger partial charge < -0.3 is 9.47 Å². The van der Waals surface area contributed by atoms with Crippen molar-refractivity contribution in [3.05, 3.63) is 53.7 Å². The molecule has 0 aliphatic carbocycles. The lowest BCUT2D eigenvalue weighted by Crippen LogP contribution is -2.04. The molecule has 0 saturated heterocycles. The summed E-state index contributed by atoms with van der Waals surface area (Å²) in [4.78, 5) is 15.6. The topological polar surface area (TPSA) is 48.4 Å². The molecule has 0 spiro atoms. The Morgan fingerprint density at radius 1 is 1.14 bits per heavy atom. The maximum atomic E-state index is 11.5. The Bertz CT molecular complexity index is 588. The van der Waals surface area contributed by atoms with Crippen molar-refractivity contribution in [2.75, 3.05) is 6.61 Å². The summed E-state index contributed by atoms with van der Waals surface area (Å²) in [5, 5.41) is 0. The lowest BCUT2D eigenvalue weighted by Gasteiger charge is -2.08. The number of rotatable bonds is 5.